The average molecular weight is 278 g/mol. The summed E-state index contributed by atoms with van der Waals surface area (Å²) in [5.41, 5.74) is 0. The van der Waals surface area contributed by atoms with Gasteiger partial charge in [0, 0.05) is 13.6 Å². The molecular weight excluding hydrogens is 260 g/mol. The van der Waals surface area contributed by atoms with Gasteiger partial charge in [-0.2, -0.15) is 4.31 Å². The van der Waals surface area contributed by atoms with Crippen LogP contribution in [0.5, 0.6) is 0 Å². The minimum Gasteiger partial charge on any atom is -0.480 e. The molecule has 0 bridgehead atoms. The van der Waals surface area contributed by atoms with E-state index in [1.165, 1.54) is 18.9 Å². The lowest BCUT2D eigenvalue weighted by atomic mass is 10.2. The van der Waals surface area contributed by atoms with Crippen LogP contribution in [-0.4, -0.2) is 66.5 Å². The molecule has 1 heterocycles. The molecule has 104 valence electrons. The largest absolute Gasteiger partial charge is 0.480 e. The molecule has 1 atom stereocenters. The fraction of sp³-hybridized carbons (Fsp3) is 0.800. The molecule has 1 N–H and O–H groups in total. The molecule has 0 saturated carbocycles. The van der Waals surface area contributed by atoms with Gasteiger partial charge in [0.2, 0.25) is 15.9 Å². The number of amides is 1. The lowest BCUT2D eigenvalue weighted by molar-refractivity contribution is -0.148. The summed E-state index contributed by atoms with van der Waals surface area (Å²) in [5, 5.41) is 8.95. The van der Waals surface area contributed by atoms with Crippen molar-refractivity contribution >= 4 is 21.9 Å². The van der Waals surface area contributed by atoms with Crippen LogP contribution < -0.4 is 0 Å². The molecule has 1 aliphatic heterocycles. The highest BCUT2D eigenvalue weighted by Crippen LogP contribution is 2.17. The fourth-order valence-corrected chi connectivity index (χ4v) is 2.67. The van der Waals surface area contributed by atoms with Gasteiger partial charge in [-0.1, -0.05) is 0 Å². The highest BCUT2D eigenvalue weighted by Gasteiger charge is 2.34. The number of hydrogen-bond acceptors (Lipinski definition) is 4. The van der Waals surface area contributed by atoms with E-state index in [1.807, 2.05) is 0 Å². The predicted octanol–water partition coefficient (Wildman–Crippen LogP) is -0.656. The average Bonchev–Trinajstić information content (AvgIpc) is 2.77. The molecule has 8 heteroatoms. The highest BCUT2D eigenvalue weighted by atomic mass is 32.2. The number of hydrogen-bond donors (Lipinski definition) is 1. The first-order valence-corrected chi connectivity index (χ1v) is 7.36. The van der Waals surface area contributed by atoms with Gasteiger partial charge in [0.1, 0.15) is 6.04 Å². The van der Waals surface area contributed by atoms with E-state index in [1.54, 1.807) is 0 Å². The van der Waals surface area contributed by atoms with Crippen LogP contribution in [-0.2, 0) is 19.6 Å². The zero-order chi connectivity index (χ0) is 13.9. The van der Waals surface area contributed by atoms with E-state index in [-0.39, 0.29) is 12.3 Å². The van der Waals surface area contributed by atoms with Crippen molar-refractivity contribution in [2.75, 3.05) is 25.9 Å². The summed E-state index contributed by atoms with van der Waals surface area (Å²) in [4.78, 5) is 24.1. The first kappa shape index (κ1) is 14.9. The molecule has 0 spiro atoms. The fourth-order valence-electron chi connectivity index (χ4n) is 1.92. The van der Waals surface area contributed by atoms with Gasteiger partial charge in [0.25, 0.3) is 0 Å². The Morgan fingerprint density at radius 2 is 2.06 bits per heavy atom. The quantitative estimate of drug-likeness (QED) is 0.720. The van der Waals surface area contributed by atoms with Crippen LogP contribution in [0.25, 0.3) is 0 Å². The van der Waals surface area contributed by atoms with Crippen molar-refractivity contribution in [1.29, 1.82) is 0 Å². The molecule has 0 aliphatic carbocycles. The second-order valence-corrected chi connectivity index (χ2v) is 6.60. The molecule has 7 nitrogen and oxygen atoms in total. The maximum absolute atomic E-state index is 11.9. The summed E-state index contributed by atoms with van der Waals surface area (Å²) in [7, 11) is -2.10. The third-order valence-corrected chi connectivity index (χ3v) is 4.86. The van der Waals surface area contributed by atoms with Gasteiger partial charge in [-0.25, -0.2) is 13.2 Å². The molecule has 1 rings (SSSR count). The predicted molar refractivity (Wildman–Crippen MR) is 64.5 cm³/mol. The minimum atomic E-state index is -3.42. The lowest BCUT2D eigenvalue weighted by Gasteiger charge is -2.24. The monoisotopic (exact) mass is 278 g/mol. The molecule has 0 aromatic heterocycles. The van der Waals surface area contributed by atoms with Crippen molar-refractivity contribution < 1.29 is 23.1 Å². The van der Waals surface area contributed by atoms with Gasteiger partial charge < -0.3 is 10.0 Å². The summed E-state index contributed by atoms with van der Waals surface area (Å²) in [6.07, 6.45) is 1.05. The zero-order valence-electron chi connectivity index (χ0n) is 10.5. The van der Waals surface area contributed by atoms with Crippen LogP contribution in [0.3, 0.4) is 0 Å². The van der Waals surface area contributed by atoms with Crippen LogP contribution in [0.15, 0.2) is 0 Å². The minimum absolute atomic E-state index is 0.0842. The Kier molecular flexibility index (Phi) is 4.69. The molecule has 18 heavy (non-hydrogen) atoms. The number of likely N-dealkylation sites (N-methyl/N-ethyl adjacent to an activating group) is 1. The van der Waals surface area contributed by atoms with Gasteiger partial charge in [0.05, 0.1) is 12.3 Å². The van der Waals surface area contributed by atoms with Gasteiger partial charge in [-0.15, -0.1) is 0 Å². The molecule has 1 fully saturated rings. The van der Waals surface area contributed by atoms with E-state index in [0.717, 1.165) is 4.31 Å². The Labute approximate surface area is 106 Å². The molecule has 1 aliphatic rings. The van der Waals surface area contributed by atoms with Crippen molar-refractivity contribution in [3.05, 3.63) is 0 Å². The number of carbonyl (C=O) groups is 2. The number of carbonyl (C=O) groups excluding carboxylic acids is 1. The SMILES string of the molecule is CCS(=O)(=O)N(C)CC(=O)N1CCC[C@@H]1C(=O)O. The maximum atomic E-state index is 11.9. The lowest BCUT2D eigenvalue weighted by Crippen LogP contribution is -2.46. The number of aliphatic carboxylic acids is 1. The first-order valence-electron chi connectivity index (χ1n) is 5.76. The van der Waals surface area contributed by atoms with Gasteiger partial charge in [0.15, 0.2) is 0 Å². The molecule has 0 aromatic carbocycles. The van der Waals surface area contributed by atoms with E-state index in [9.17, 15) is 18.0 Å². The number of nitrogens with zero attached hydrogens (tertiary/aromatic N) is 2. The first-order chi connectivity index (χ1) is 8.29. The van der Waals surface area contributed by atoms with Gasteiger partial charge in [-0.05, 0) is 19.8 Å². The number of sulfonamides is 1. The number of likely N-dealkylation sites (tertiary alicyclic amines) is 1. The molecule has 0 unspecified atom stereocenters. The number of carboxylic acids is 1. The Balaban J connectivity index is 2.69. The summed E-state index contributed by atoms with van der Waals surface area (Å²) >= 11 is 0. The number of rotatable bonds is 5. The van der Waals surface area contributed by atoms with E-state index in [2.05, 4.69) is 0 Å². The zero-order valence-corrected chi connectivity index (χ0v) is 11.3. The van der Waals surface area contributed by atoms with Crippen LogP contribution >= 0.6 is 0 Å². The summed E-state index contributed by atoms with van der Waals surface area (Å²) in [5.74, 6) is -1.58. The van der Waals surface area contributed by atoms with Crippen molar-refractivity contribution in [3.8, 4) is 0 Å². The summed E-state index contributed by atoms with van der Waals surface area (Å²) in [6, 6.07) is -0.824. The Hall–Kier alpha value is -1.15. The van der Waals surface area contributed by atoms with Crippen molar-refractivity contribution in [1.82, 2.24) is 9.21 Å². The van der Waals surface area contributed by atoms with E-state index in [0.29, 0.717) is 19.4 Å². The third kappa shape index (κ3) is 3.20. The second kappa shape index (κ2) is 5.66. The summed E-state index contributed by atoms with van der Waals surface area (Å²) in [6.45, 7) is 1.56. The second-order valence-electron chi connectivity index (χ2n) is 4.24. The van der Waals surface area contributed by atoms with Gasteiger partial charge >= 0.3 is 5.97 Å². The van der Waals surface area contributed by atoms with Crippen LogP contribution in [0.1, 0.15) is 19.8 Å². The van der Waals surface area contributed by atoms with E-state index >= 15 is 0 Å². The van der Waals surface area contributed by atoms with Crippen LogP contribution in [0.4, 0.5) is 0 Å². The van der Waals surface area contributed by atoms with Crippen molar-refractivity contribution in [2.45, 2.75) is 25.8 Å². The van der Waals surface area contributed by atoms with E-state index in [4.69, 9.17) is 5.11 Å². The highest BCUT2D eigenvalue weighted by molar-refractivity contribution is 7.89. The third-order valence-electron chi connectivity index (χ3n) is 3.06. The molecule has 1 amide bonds. The Bertz CT molecular complexity index is 434. The molecular formula is C10H18N2O5S. The standard InChI is InChI=1S/C10H18N2O5S/c1-3-18(16,17)11(2)7-9(13)12-6-4-5-8(12)10(14)15/h8H,3-7H2,1-2H3,(H,14,15)/t8-/m1/s1. The smallest absolute Gasteiger partial charge is 0.326 e. The Morgan fingerprint density at radius 1 is 1.44 bits per heavy atom. The van der Waals surface area contributed by atoms with E-state index < -0.39 is 27.9 Å². The molecule has 1 saturated heterocycles. The normalized spacial score (nSPS) is 20.4. The summed E-state index contributed by atoms with van der Waals surface area (Å²) < 4.78 is 24.0. The van der Waals surface area contributed by atoms with Gasteiger partial charge in [-0.3, -0.25) is 4.79 Å². The van der Waals surface area contributed by atoms with Crippen LogP contribution in [0.2, 0.25) is 0 Å². The van der Waals surface area contributed by atoms with Crippen molar-refractivity contribution in [2.24, 2.45) is 0 Å². The molecule has 0 aromatic rings. The Morgan fingerprint density at radius 3 is 2.56 bits per heavy atom. The number of carboxylic acid groups (broad SMARTS) is 1. The van der Waals surface area contributed by atoms with Crippen LogP contribution in [0, 0.1) is 0 Å². The molecule has 0 radical (unpaired) electrons. The maximum Gasteiger partial charge on any atom is 0.326 e. The van der Waals surface area contributed by atoms with Crippen molar-refractivity contribution in [3.63, 3.8) is 0 Å². The topological polar surface area (TPSA) is 95.0 Å².